The molecule has 0 aromatic heterocycles. The molecule has 2 aliphatic heterocycles. The van der Waals surface area contributed by atoms with Gasteiger partial charge in [-0.25, -0.2) is 4.99 Å². The van der Waals surface area contributed by atoms with Crippen LogP contribution in [-0.4, -0.2) is 126 Å². The number of nitrogens with one attached hydrogen (secondary N) is 2. The van der Waals surface area contributed by atoms with Gasteiger partial charge in [0.25, 0.3) is 0 Å². The van der Waals surface area contributed by atoms with Crippen LogP contribution in [0.5, 0.6) is 0 Å². The van der Waals surface area contributed by atoms with Crippen molar-refractivity contribution in [3.8, 4) is 0 Å². The van der Waals surface area contributed by atoms with Gasteiger partial charge in [0.15, 0.2) is 5.96 Å². The zero-order valence-electron chi connectivity index (χ0n) is 17.8. The predicted molar refractivity (Wildman–Crippen MR) is 111 cm³/mol. The van der Waals surface area contributed by atoms with Crippen molar-refractivity contribution in [1.82, 2.24) is 25.3 Å². The molecule has 28 heavy (non-hydrogen) atoms. The second-order valence-electron chi connectivity index (χ2n) is 7.59. The van der Waals surface area contributed by atoms with E-state index in [9.17, 15) is 4.79 Å². The van der Waals surface area contributed by atoms with Crippen molar-refractivity contribution < 1.29 is 14.3 Å². The highest BCUT2D eigenvalue weighted by atomic mass is 16.5. The van der Waals surface area contributed by atoms with E-state index in [1.54, 1.807) is 26.1 Å². The number of carbonyl (C=O) groups excluding carboxylic acids is 1. The number of nitrogens with zero attached hydrogens (tertiary/aromatic N) is 4. The maximum Gasteiger partial charge on any atom is 0.243 e. The van der Waals surface area contributed by atoms with E-state index < -0.39 is 0 Å². The number of guanidine groups is 1. The monoisotopic (exact) mass is 398 g/mol. The maximum absolute atomic E-state index is 11.9. The van der Waals surface area contributed by atoms with Crippen LogP contribution in [0.1, 0.15) is 12.8 Å². The van der Waals surface area contributed by atoms with E-state index in [4.69, 9.17) is 9.47 Å². The summed E-state index contributed by atoms with van der Waals surface area (Å²) in [6.45, 7) is 9.33. The molecule has 2 N–H and O–H groups in total. The number of carbonyl (C=O) groups is 1. The second kappa shape index (κ2) is 12.9. The second-order valence-corrected chi connectivity index (χ2v) is 7.59. The topological polar surface area (TPSA) is 81.7 Å². The summed E-state index contributed by atoms with van der Waals surface area (Å²) >= 11 is 0. The molecule has 0 bridgehead atoms. The van der Waals surface area contributed by atoms with E-state index in [1.807, 2.05) is 0 Å². The van der Waals surface area contributed by atoms with Crippen molar-refractivity contribution in [3.05, 3.63) is 0 Å². The van der Waals surface area contributed by atoms with Crippen molar-refractivity contribution in [1.29, 1.82) is 0 Å². The number of rotatable bonds is 9. The van der Waals surface area contributed by atoms with Crippen LogP contribution in [0.4, 0.5) is 0 Å². The third-order valence-corrected chi connectivity index (χ3v) is 5.24. The number of methoxy groups -OCH3 is 1. The summed E-state index contributed by atoms with van der Waals surface area (Å²) in [5.74, 6) is 0.738. The predicted octanol–water partition coefficient (Wildman–Crippen LogP) is -0.947. The van der Waals surface area contributed by atoms with Gasteiger partial charge >= 0.3 is 0 Å². The Morgan fingerprint density at radius 1 is 1.14 bits per heavy atom. The Hall–Kier alpha value is -1.42. The van der Waals surface area contributed by atoms with Gasteiger partial charge in [0, 0.05) is 73.1 Å². The van der Waals surface area contributed by atoms with Gasteiger partial charge < -0.3 is 29.9 Å². The van der Waals surface area contributed by atoms with Crippen molar-refractivity contribution in [2.75, 3.05) is 93.4 Å². The number of ether oxygens (including phenoxy) is 2. The first-order chi connectivity index (χ1) is 13.6. The molecule has 0 aromatic carbocycles. The number of hydrogen-bond acceptors (Lipinski definition) is 6. The van der Waals surface area contributed by atoms with E-state index in [1.165, 1.54) is 0 Å². The molecule has 0 saturated carbocycles. The fourth-order valence-electron chi connectivity index (χ4n) is 3.31. The number of piperidine rings is 1. The van der Waals surface area contributed by atoms with Gasteiger partial charge in [-0.15, -0.1) is 0 Å². The lowest BCUT2D eigenvalue weighted by Gasteiger charge is -2.33. The molecule has 2 rings (SSSR count). The Kier molecular flexibility index (Phi) is 10.6. The number of morpholine rings is 1. The molecule has 9 nitrogen and oxygen atoms in total. The first-order valence-electron chi connectivity index (χ1n) is 10.3. The minimum absolute atomic E-state index is 0.00339. The van der Waals surface area contributed by atoms with Crippen molar-refractivity contribution in [2.45, 2.75) is 18.9 Å². The van der Waals surface area contributed by atoms with E-state index in [-0.39, 0.29) is 12.5 Å². The molecule has 0 aliphatic carbocycles. The summed E-state index contributed by atoms with van der Waals surface area (Å²) < 4.78 is 10.6. The highest BCUT2D eigenvalue weighted by Crippen LogP contribution is 2.09. The average molecular weight is 399 g/mol. The average Bonchev–Trinajstić information content (AvgIpc) is 2.71. The van der Waals surface area contributed by atoms with Crippen LogP contribution >= 0.6 is 0 Å². The molecular formula is C19H38N6O3. The number of aliphatic imine (C=N–C) groups is 1. The van der Waals surface area contributed by atoms with Crippen LogP contribution in [-0.2, 0) is 14.3 Å². The Bertz CT molecular complexity index is 474. The Morgan fingerprint density at radius 2 is 1.82 bits per heavy atom. The molecule has 0 atom stereocenters. The highest BCUT2D eigenvalue weighted by Gasteiger charge is 2.20. The van der Waals surface area contributed by atoms with Gasteiger partial charge in [0.1, 0.15) is 6.54 Å². The van der Waals surface area contributed by atoms with E-state index in [0.717, 1.165) is 84.4 Å². The summed E-state index contributed by atoms with van der Waals surface area (Å²) in [7, 11) is 5.26. The van der Waals surface area contributed by atoms with Gasteiger partial charge in [0.05, 0.1) is 19.8 Å². The summed E-state index contributed by atoms with van der Waals surface area (Å²) in [4.78, 5) is 22.8. The standard InChI is InChI=1S/C19H38N6O3/c1-23(2)18(26)16-21-19(20-6-9-25-11-14-28-15-12-25)22-17-4-7-24(8-5-17)10-13-27-3/h17H,4-16H2,1-3H3,(H2,20,21,22). The lowest BCUT2D eigenvalue weighted by atomic mass is 10.1. The van der Waals surface area contributed by atoms with Crippen LogP contribution in [0.25, 0.3) is 0 Å². The number of likely N-dealkylation sites (tertiary alicyclic amines) is 1. The fraction of sp³-hybridized carbons (Fsp3) is 0.895. The minimum atomic E-state index is 0.00339. The molecule has 1 amide bonds. The van der Waals surface area contributed by atoms with E-state index in [2.05, 4.69) is 25.4 Å². The number of hydrogen-bond donors (Lipinski definition) is 2. The number of amides is 1. The molecule has 2 heterocycles. The Labute approximate surface area is 169 Å². The molecule has 9 heteroatoms. The third kappa shape index (κ3) is 8.72. The third-order valence-electron chi connectivity index (χ3n) is 5.24. The van der Waals surface area contributed by atoms with Crippen LogP contribution in [0.2, 0.25) is 0 Å². The quantitative estimate of drug-likeness (QED) is 0.383. The normalized spacial score (nSPS) is 20.2. The molecule has 2 fully saturated rings. The van der Waals surface area contributed by atoms with Gasteiger partial charge in [0.2, 0.25) is 5.91 Å². The Balaban J connectivity index is 1.80. The van der Waals surface area contributed by atoms with Gasteiger partial charge in [-0.05, 0) is 12.8 Å². The molecule has 2 saturated heterocycles. The van der Waals surface area contributed by atoms with Crippen LogP contribution < -0.4 is 10.6 Å². The van der Waals surface area contributed by atoms with Gasteiger partial charge in [-0.2, -0.15) is 0 Å². The lowest BCUT2D eigenvalue weighted by Crippen LogP contribution is -2.50. The number of likely N-dealkylation sites (N-methyl/N-ethyl adjacent to an activating group) is 1. The van der Waals surface area contributed by atoms with Crippen LogP contribution in [0.15, 0.2) is 4.99 Å². The fourth-order valence-corrected chi connectivity index (χ4v) is 3.31. The van der Waals surface area contributed by atoms with Crippen LogP contribution in [0, 0.1) is 0 Å². The first kappa shape index (κ1) is 22.9. The zero-order valence-corrected chi connectivity index (χ0v) is 17.8. The largest absolute Gasteiger partial charge is 0.383 e. The Morgan fingerprint density at radius 3 is 2.46 bits per heavy atom. The van der Waals surface area contributed by atoms with Gasteiger partial charge in [-0.3, -0.25) is 9.69 Å². The summed E-state index contributed by atoms with van der Waals surface area (Å²) in [6, 6.07) is 0.378. The minimum Gasteiger partial charge on any atom is -0.383 e. The van der Waals surface area contributed by atoms with Crippen molar-refractivity contribution in [2.24, 2.45) is 4.99 Å². The highest BCUT2D eigenvalue weighted by molar-refractivity contribution is 5.84. The summed E-state index contributed by atoms with van der Waals surface area (Å²) in [6.07, 6.45) is 2.13. The van der Waals surface area contributed by atoms with Crippen LogP contribution in [0.3, 0.4) is 0 Å². The van der Waals surface area contributed by atoms with Gasteiger partial charge in [-0.1, -0.05) is 0 Å². The molecule has 0 unspecified atom stereocenters. The van der Waals surface area contributed by atoms with Crippen molar-refractivity contribution >= 4 is 11.9 Å². The molecule has 0 radical (unpaired) electrons. The summed E-state index contributed by atoms with van der Waals surface area (Å²) in [5.41, 5.74) is 0. The smallest absolute Gasteiger partial charge is 0.243 e. The molecular weight excluding hydrogens is 360 g/mol. The maximum atomic E-state index is 11.9. The lowest BCUT2D eigenvalue weighted by molar-refractivity contribution is -0.127. The zero-order chi connectivity index (χ0) is 20.2. The van der Waals surface area contributed by atoms with Crippen molar-refractivity contribution in [3.63, 3.8) is 0 Å². The van der Waals surface area contributed by atoms with E-state index in [0.29, 0.717) is 6.04 Å². The molecule has 0 aromatic rings. The van der Waals surface area contributed by atoms with E-state index >= 15 is 0 Å². The first-order valence-corrected chi connectivity index (χ1v) is 10.3. The SMILES string of the molecule is COCCN1CCC(NC(=NCC(=O)N(C)C)NCCN2CCOCC2)CC1. The molecule has 0 spiro atoms. The molecule has 162 valence electrons. The molecule has 2 aliphatic rings. The summed E-state index contributed by atoms with van der Waals surface area (Å²) in [5, 5.41) is 6.94.